The largest absolute Gasteiger partial charge is 0.472 e. The molecule has 4 nitrogen and oxygen atoms in total. The number of nitrogens with zero attached hydrogens (tertiary/aromatic N) is 2. The summed E-state index contributed by atoms with van der Waals surface area (Å²) >= 11 is 0. The molecule has 2 aromatic rings. The normalized spacial score (nSPS) is 17.3. The van der Waals surface area contributed by atoms with Crippen LogP contribution in [0.25, 0.3) is 5.57 Å². The Bertz CT molecular complexity index is 658. The van der Waals surface area contributed by atoms with Gasteiger partial charge in [0.1, 0.15) is 6.26 Å². The molecule has 1 radical (unpaired) electrons. The van der Waals surface area contributed by atoms with Gasteiger partial charge < -0.3 is 9.26 Å². The summed E-state index contributed by atoms with van der Waals surface area (Å²) in [5, 5.41) is 3.97. The van der Waals surface area contributed by atoms with E-state index in [-0.39, 0.29) is 0 Å². The van der Waals surface area contributed by atoms with Gasteiger partial charge in [0.2, 0.25) is 12.1 Å². The maximum Gasteiger partial charge on any atom is 0.237 e. The van der Waals surface area contributed by atoms with Crippen LogP contribution in [0, 0.1) is 20.4 Å². The first-order valence-corrected chi connectivity index (χ1v) is 6.39. The minimum absolute atomic E-state index is 0.413. The van der Waals surface area contributed by atoms with Gasteiger partial charge in [0.05, 0.1) is 5.69 Å². The Morgan fingerprint density at radius 1 is 1.25 bits per heavy atom. The summed E-state index contributed by atoms with van der Waals surface area (Å²) in [5.41, 5.74) is 3.40. The zero-order chi connectivity index (χ0) is 14.1. The predicted octanol–water partition coefficient (Wildman–Crippen LogP) is 3.44. The smallest absolute Gasteiger partial charge is 0.237 e. The van der Waals surface area contributed by atoms with Gasteiger partial charge in [-0.15, -0.1) is 0 Å². The number of ether oxygens (including phenoxy) is 1. The van der Waals surface area contributed by atoms with Crippen LogP contribution in [0.3, 0.4) is 0 Å². The van der Waals surface area contributed by atoms with E-state index in [1.54, 1.807) is 12.5 Å². The van der Waals surface area contributed by atoms with Gasteiger partial charge in [0.15, 0.2) is 0 Å². The van der Waals surface area contributed by atoms with Crippen molar-refractivity contribution in [1.82, 2.24) is 5.16 Å². The minimum Gasteiger partial charge on any atom is -0.472 e. The van der Waals surface area contributed by atoms with Crippen LogP contribution in [0.15, 0.2) is 47.3 Å². The van der Waals surface area contributed by atoms with Gasteiger partial charge in [0, 0.05) is 17.3 Å². The van der Waals surface area contributed by atoms with Crippen molar-refractivity contribution in [3.8, 4) is 0 Å². The summed E-state index contributed by atoms with van der Waals surface area (Å²) in [6.07, 6.45) is 2.99. The van der Waals surface area contributed by atoms with E-state index < -0.39 is 6.23 Å². The minimum atomic E-state index is -0.413. The molecule has 0 saturated heterocycles. The van der Waals surface area contributed by atoms with Crippen LogP contribution in [0.5, 0.6) is 0 Å². The van der Waals surface area contributed by atoms with Crippen LogP contribution in [0.1, 0.15) is 16.8 Å². The highest BCUT2D eigenvalue weighted by Gasteiger charge is 2.30. The van der Waals surface area contributed by atoms with E-state index in [0.717, 1.165) is 16.8 Å². The number of anilines is 1. The van der Waals surface area contributed by atoms with Crippen LogP contribution in [-0.4, -0.2) is 11.4 Å². The van der Waals surface area contributed by atoms with Gasteiger partial charge in [0.25, 0.3) is 0 Å². The quantitative estimate of drug-likeness (QED) is 0.853. The molecule has 4 heteroatoms. The first-order chi connectivity index (χ1) is 9.68. The van der Waals surface area contributed by atoms with Crippen molar-refractivity contribution >= 4 is 11.5 Å². The Hall–Kier alpha value is -2.49. The number of aromatic nitrogens is 1. The van der Waals surface area contributed by atoms with Crippen LogP contribution < -0.4 is 4.90 Å². The Morgan fingerprint density at radius 3 is 2.65 bits per heavy atom. The summed E-state index contributed by atoms with van der Waals surface area (Å²) in [7, 11) is 0. The average molecular weight is 267 g/mol. The fourth-order valence-corrected chi connectivity index (χ4v) is 2.13. The van der Waals surface area contributed by atoms with Crippen LogP contribution in [0.2, 0.25) is 0 Å². The highest BCUT2D eigenvalue weighted by molar-refractivity contribution is 5.70. The number of hydrogen-bond acceptors (Lipinski definition) is 4. The van der Waals surface area contributed by atoms with Crippen molar-refractivity contribution in [2.75, 3.05) is 4.90 Å². The Balaban J connectivity index is 1.91. The molecular formula is C16H15N2O2. The van der Waals surface area contributed by atoms with Gasteiger partial charge in [-0.25, -0.2) is 0 Å². The molecule has 0 amide bonds. The molecule has 0 saturated carbocycles. The summed E-state index contributed by atoms with van der Waals surface area (Å²) in [5.74, 6) is 0.653. The highest BCUT2D eigenvalue weighted by atomic mass is 16.5. The molecule has 0 spiro atoms. The molecule has 3 rings (SSSR count). The number of hydrogen-bond donors (Lipinski definition) is 0. The second-order valence-electron chi connectivity index (χ2n) is 4.70. The van der Waals surface area contributed by atoms with Crippen molar-refractivity contribution in [1.29, 1.82) is 0 Å². The van der Waals surface area contributed by atoms with Crippen LogP contribution >= 0.6 is 0 Å². The van der Waals surface area contributed by atoms with Gasteiger partial charge in [-0.2, -0.15) is 0 Å². The first kappa shape index (κ1) is 12.5. The van der Waals surface area contributed by atoms with Gasteiger partial charge in [-0.3, -0.25) is 4.90 Å². The zero-order valence-electron chi connectivity index (χ0n) is 11.4. The third kappa shape index (κ3) is 1.99. The third-order valence-corrected chi connectivity index (χ3v) is 3.42. The molecule has 20 heavy (non-hydrogen) atoms. The molecule has 1 aromatic heterocycles. The molecule has 1 aromatic carbocycles. The topological polar surface area (TPSA) is 38.5 Å². The Kier molecular flexibility index (Phi) is 3.06. The van der Waals surface area contributed by atoms with Crippen LogP contribution in [-0.2, 0) is 4.74 Å². The molecule has 101 valence electrons. The average Bonchev–Trinajstić information content (AvgIpc) is 3.07. The number of rotatable bonds is 3. The van der Waals surface area contributed by atoms with Crippen molar-refractivity contribution < 1.29 is 9.26 Å². The van der Waals surface area contributed by atoms with E-state index in [4.69, 9.17) is 15.8 Å². The lowest BCUT2D eigenvalue weighted by atomic mass is 10.1. The summed E-state index contributed by atoms with van der Waals surface area (Å²) < 4.78 is 11.0. The van der Waals surface area contributed by atoms with E-state index >= 15 is 0 Å². The van der Waals surface area contributed by atoms with Crippen molar-refractivity contribution in [2.24, 2.45) is 0 Å². The maximum atomic E-state index is 6.23. The van der Waals surface area contributed by atoms with Crippen molar-refractivity contribution in [3.05, 3.63) is 66.2 Å². The van der Waals surface area contributed by atoms with Gasteiger partial charge >= 0.3 is 0 Å². The first-order valence-electron chi connectivity index (χ1n) is 6.39. The SMILES string of the molecule is [CH]=C(c1ccccc1)C1OC=CN1c1onc(C)c1C. The lowest BCUT2D eigenvalue weighted by molar-refractivity contribution is 0.218. The molecular weight excluding hydrogens is 252 g/mol. The fourth-order valence-electron chi connectivity index (χ4n) is 2.13. The van der Waals surface area contributed by atoms with Gasteiger partial charge in [-0.1, -0.05) is 42.1 Å². The number of benzene rings is 1. The second kappa shape index (κ2) is 4.89. The third-order valence-electron chi connectivity index (χ3n) is 3.42. The van der Waals surface area contributed by atoms with E-state index in [9.17, 15) is 0 Å². The zero-order valence-corrected chi connectivity index (χ0v) is 11.4. The summed E-state index contributed by atoms with van der Waals surface area (Å²) in [6.45, 7) is 10.1. The molecule has 1 aliphatic rings. The molecule has 0 fully saturated rings. The predicted molar refractivity (Wildman–Crippen MR) is 76.6 cm³/mol. The lowest BCUT2D eigenvalue weighted by Crippen LogP contribution is -2.29. The summed E-state index contributed by atoms with van der Waals surface area (Å²) in [6, 6.07) is 9.74. The molecule has 1 aliphatic heterocycles. The van der Waals surface area contributed by atoms with E-state index in [1.165, 1.54) is 0 Å². The van der Waals surface area contributed by atoms with E-state index in [2.05, 4.69) is 5.16 Å². The Morgan fingerprint density at radius 2 is 2.00 bits per heavy atom. The standard InChI is InChI=1S/C16H15N2O2/c1-11-13(3)17-20-16(11)18-9-10-19-15(18)12(2)14-7-5-4-6-8-14/h2,4-10,15H,1,3H3. The fraction of sp³-hybridized carbons (Fsp3) is 0.188. The van der Waals surface area contributed by atoms with Crippen molar-refractivity contribution in [3.63, 3.8) is 0 Å². The Labute approximate surface area is 117 Å². The van der Waals surface area contributed by atoms with E-state index in [1.807, 2.05) is 49.1 Å². The molecule has 1 atom stereocenters. The van der Waals surface area contributed by atoms with E-state index in [0.29, 0.717) is 11.5 Å². The monoisotopic (exact) mass is 267 g/mol. The van der Waals surface area contributed by atoms with Gasteiger partial charge in [-0.05, 0) is 19.4 Å². The molecule has 1 unspecified atom stereocenters. The van der Waals surface area contributed by atoms with Crippen molar-refractivity contribution in [2.45, 2.75) is 20.1 Å². The lowest BCUT2D eigenvalue weighted by Gasteiger charge is -2.23. The maximum absolute atomic E-state index is 6.23. The molecule has 0 bridgehead atoms. The summed E-state index contributed by atoms with van der Waals surface area (Å²) in [4.78, 5) is 1.84. The molecule has 2 heterocycles. The highest BCUT2D eigenvalue weighted by Crippen LogP contribution is 2.33. The number of aryl methyl sites for hydroxylation is 1. The molecule has 0 aliphatic carbocycles. The van der Waals surface area contributed by atoms with Crippen LogP contribution in [0.4, 0.5) is 5.88 Å². The molecule has 0 N–H and O–H groups in total. The second-order valence-corrected chi connectivity index (χ2v) is 4.70.